The lowest BCUT2D eigenvalue weighted by atomic mass is 10.1. The van der Waals surface area contributed by atoms with Crippen LogP contribution < -0.4 is 10.5 Å². The number of rotatable bonds is 4. The van der Waals surface area contributed by atoms with Crippen molar-refractivity contribution in [2.75, 3.05) is 18.0 Å². The van der Waals surface area contributed by atoms with Gasteiger partial charge in [0.25, 0.3) is 5.56 Å². The largest absolute Gasteiger partial charge is 0.342 e. The van der Waals surface area contributed by atoms with Crippen LogP contribution in [0, 0.1) is 29.0 Å². The molecule has 0 bridgehead atoms. The first-order valence-electron chi connectivity index (χ1n) is 9.92. The van der Waals surface area contributed by atoms with E-state index in [1.54, 1.807) is 13.1 Å². The number of nitriles is 1. The van der Waals surface area contributed by atoms with Crippen LogP contribution in [0.3, 0.4) is 0 Å². The summed E-state index contributed by atoms with van der Waals surface area (Å²) in [5, 5.41) is 13.1. The van der Waals surface area contributed by atoms with Crippen LogP contribution in [-0.4, -0.2) is 32.4 Å². The summed E-state index contributed by atoms with van der Waals surface area (Å²) >= 11 is 0. The Labute approximate surface area is 173 Å². The third-order valence-electron chi connectivity index (χ3n) is 5.29. The van der Waals surface area contributed by atoms with E-state index < -0.39 is 5.82 Å². The van der Waals surface area contributed by atoms with Crippen molar-refractivity contribution in [2.45, 2.75) is 39.3 Å². The second-order valence-electron chi connectivity index (χ2n) is 7.23. The summed E-state index contributed by atoms with van der Waals surface area (Å²) < 4.78 is 17.4. The predicted octanol–water partition coefficient (Wildman–Crippen LogP) is 2.67. The van der Waals surface area contributed by atoms with Gasteiger partial charge in [-0.25, -0.2) is 14.1 Å². The fourth-order valence-corrected chi connectivity index (χ4v) is 3.74. The molecule has 1 aromatic carbocycles. The molecule has 1 aliphatic heterocycles. The van der Waals surface area contributed by atoms with Gasteiger partial charge in [0, 0.05) is 18.7 Å². The van der Waals surface area contributed by atoms with E-state index >= 15 is 0 Å². The van der Waals surface area contributed by atoms with Crippen molar-refractivity contribution in [2.24, 2.45) is 0 Å². The lowest BCUT2D eigenvalue weighted by Crippen LogP contribution is -2.32. The number of fused-ring (bicyclic) bond motifs is 1. The number of benzene rings is 1. The van der Waals surface area contributed by atoms with Crippen LogP contribution in [-0.2, 0) is 13.1 Å². The minimum Gasteiger partial charge on any atom is -0.342 e. The predicted molar refractivity (Wildman–Crippen MR) is 112 cm³/mol. The standard InChI is InChI=1S/C22H21FN6O/c1-2-3-11-28-20-19(26-22(28)27-9-5-4-6-10-27)14-25-29(21(20)30)15-17-8-7-16(13-24)12-18(17)23/h7-8,12,14H,4-6,9-11,15H2,1H3. The summed E-state index contributed by atoms with van der Waals surface area (Å²) in [6.45, 7) is 3.86. The Morgan fingerprint density at radius 3 is 2.73 bits per heavy atom. The third-order valence-corrected chi connectivity index (χ3v) is 5.29. The molecular formula is C22H21FN6O. The summed E-state index contributed by atoms with van der Waals surface area (Å²) in [5.41, 5.74) is 1.11. The van der Waals surface area contributed by atoms with E-state index in [4.69, 9.17) is 5.26 Å². The number of aromatic nitrogens is 4. The lowest BCUT2D eigenvalue weighted by molar-refractivity contribution is 0.560. The topological polar surface area (TPSA) is 79.7 Å². The van der Waals surface area contributed by atoms with Gasteiger partial charge in [0.1, 0.15) is 16.9 Å². The van der Waals surface area contributed by atoms with Gasteiger partial charge < -0.3 is 4.90 Å². The monoisotopic (exact) mass is 404 g/mol. The van der Waals surface area contributed by atoms with E-state index in [2.05, 4.69) is 26.8 Å². The van der Waals surface area contributed by atoms with E-state index in [0.29, 0.717) is 23.1 Å². The van der Waals surface area contributed by atoms with Crippen molar-refractivity contribution in [1.82, 2.24) is 19.3 Å². The third kappa shape index (κ3) is 3.65. The van der Waals surface area contributed by atoms with Gasteiger partial charge in [-0.05, 0) is 38.3 Å². The molecule has 8 heteroatoms. The zero-order valence-electron chi connectivity index (χ0n) is 16.7. The van der Waals surface area contributed by atoms with Gasteiger partial charge in [-0.1, -0.05) is 12.0 Å². The Morgan fingerprint density at radius 2 is 2.03 bits per heavy atom. The van der Waals surface area contributed by atoms with Crippen LogP contribution in [0.5, 0.6) is 0 Å². The number of halogens is 1. The number of hydrogen-bond acceptors (Lipinski definition) is 5. The molecule has 7 nitrogen and oxygen atoms in total. The van der Waals surface area contributed by atoms with E-state index in [1.807, 2.05) is 10.6 Å². The second-order valence-corrected chi connectivity index (χ2v) is 7.23. The maximum atomic E-state index is 14.3. The number of anilines is 1. The maximum Gasteiger partial charge on any atom is 0.293 e. The normalized spacial score (nSPS) is 13.7. The quantitative estimate of drug-likeness (QED) is 0.625. The molecule has 3 aromatic rings. The van der Waals surface area contributed by atoms with E-state index in [-0.39, 0.29) is 17.7 Å². The summed E-state index contributed by atoms with van der Waals surface area (Å²) in [7, 11) is 0. The molecule has 0 aliphatic carbocycles. The average Bonchev–Trinajstić information content (AvgIpc) is 3.15. The first kappa shape index (κ1) is 19.7. The van der Waals surface area contributed by atoms with Gasteiger partial charge in [0.15, 0.2) is 0 Å². The molecule has 1 aliphatic rings. The molecule has 0 spiro atoms. The molecular weight excluding hydrogens is 383 g/mol. The zero-order valence-corrected chi connectivity index (χ0v) is 16.7. The Balaban J connectivity index is 1.79. The molecule has 0 radical (unpaired) electrons. The van der Waals surface area contributed by atoms with Gasteiger partial charge in [-0.15, -0.1) is 5.92 Å². The van der Waals surface area contributed by atoms with Crippen LogP contribution >= 0.6 is 0 Å². The first-order valence-corrected chi connectivity index (χ1v) is 9.92. The SMILES string of the molecule is CC#CCn1c(N2CCCCC2)nc2cnn(Cc3ccc(C#N)cc3F)c(=O)c21. The Hall–Kier alpha value is -3.65. The smallest absolute Gasteiger partial charge is 0.293 e. The van der Waals surface area contributed by atoms with Gasteiger partial charge in [-0.3, -0.25) is 9.36 Å². The molecule has 152 valence electrons. The van der Waals surface area contributed by atoms with Crippen LogP contribution in [0.25, 0.3) is 11.0 Å². The van der Waals surface area contributed by atoms with Crippen molar-refractivity contribution in [1.29, 1.82) is 5.26 Å². The van der Waals surface area contributed by atoms with E-state index in [9.17, 15) is 9.18 Å². The van der Waals surface area contributed by atoms with Crippen molar-refractivity contribution >= 4 is 17.0 Å². The number of hydrogen-bond donors (Lipinski definition) is 0. The van der Waals surface area contributed by atoms with Crippen LogP contribution in [0.1, 0.15) is 37.3 Å². The molecule has 2 aromatic heterocycles. The zero-order chi connectivity index (χ0) is 21.1. The molecule has 0 N–H and O–H groups in total. The van der Waals surface area contributed by atoms with Gasteiger partial charge in [0.05, 0.1) is 30.9 Å². The minimum absolute atomic E-state index is 0.0317. The summed E-state index contributed by atoms with van der Waals surface area (Å²) in [4.78, 5) is 20.1. The highest BCUT2D eigenvalue weighted by atomic mass is 19.1. The second kappa shape index (κ2) is 8.38. The maximum absolute atomic E-state index is 14.3. The van der Waals surface area contributed by atoms with E-state index in [1.165, 1.54) is 23.2 Å². The molecule has 4 rings (SSSR count). The van der Waals surface area contributed by atoms with Crippen LogP contribution in [0.2, 0.25) is 0 Å². The number of nitrogens with zero attached hydrogens (tertiary/aromatic N) is 6. The average molecular weight is 404 g/mol. The van der Waals surface area contributed by atoms with E-state index in [0.717, 1.165) is 37.9 Å². The highest BCUT2D eigenvalue weighted by molar-refractivity contribution is 5.77. The highest BCUT2D eigenvalue weighted by Crippen LogP contribution is 2.23. The summed E-state index contributed by atoms with van der Waals surface area (Å²) in [5.74, 6) is 6.09. The Bertz CT molecular complexity index is 1250. The van der Waals surface area contributed by atoms with Gasteiger partial charge in [0.2, 0.25) is 5.95 Å². The molecule has 0 atom stereocenters. The van der Waals surface area contributed by atoms with Crippen LogP contribution in [0.15, 0.2) is 29.2 Å². The van der Waals surface area contributed by atoms with Gasteiger partial charge in [-0.2, -0.15) is 10.4 Å². The lowest BCUT2D eigenvalue weighted by Gasteiger charge is -2.27. The number of imidazole rings is 1. The molecule has 0 saturated carbocycles. The van der Waals surface area contributed by atoms with Crippen molar-refractivity contribution in [3.05, 3.63) is 51.7 Å². The fraction of sp³-hybridized carbons (Fsp3) is 0.364. The molecule has 30 heavy (non-hydrogen) atoms. The van der Waals surface area contributed by atoms with Crippen molar-refractivity contribution in [3.8, 4) is 17.9 Å². The Kier molecular flexibility index (Phi) is 5.49. The van der Waals surface area contributed by atoms with Gasteiger partial charge >= 0.3 is 0 Å². The molecule has 0 unspecified atom stereocenters. The minimum atomic E-state index is -0.540. The summed E-state index contributed by atoms with van der Waals surface area (Å²) in [6, 6.07) is 6.09. The van der Waals surface area contributed by atoms with Crippen LogP contribution in [0.4, 0.5) is 10.3 Å². The molecule has 0 amide bonds. The highest BCUT2D eigenvalue weighted by Gasteiger charge is 2.22. The Morgan fingerprint density at radius 1 is 1.23 bits per heavy atom. The summed E-state index contributed by atoms with van der Waals surface area (Å²) in [6.07, 6.45) is 4.91. The van der Waals surface area contributed by atoms with Crippen molar-refractivity contribution in [3.63, 3.8) is 0 Å². The molecule has 1 fully saturated rings. The first-order chi connectivity index (χ1) is 14.6. The molecule has 1 saturated heterocycles. The number of piperidine rings is 1. The molecule has 3 heterocycles. The van der Waals surface area contributed by atoms with Crippen molar-refractivity contribution < 1.29 is 4.39 Å². The fourth-order valence-electron chi connectivity index (χ4n) is 3.74.